The summed E-state index contributed by atoms with van der Waals surface area (Å²) in [6, 6.07) is 16.8. The summed E-state index contributed by atoms with van der Waals surface area (Å²) in [7, 11) is 0. The second-order valence-electron chi connectivity index (χ2n) is 5.33. The third kappa shape index (κ3) is 5.44. The summed E-state index contributed by atoms with van der Waals surface area (Å²) in [5, 5.41) is 7.92. The van der Waals surface area contributed by atoms with Crippen molar-refractivity contribution in [3.63, 3.8) is 0 Å². The van der Waals surface area contributed by atoms with E-state index in [0.29, 0.717) is 28.6 Å². The standard InChI is InChI=1S/C19H17N3O2S2/c23-17(10-12-25-16-4-2-1-3-5-16)21-15-8-6-14(7-9-15)18(24)22-19-20-11-13-26-19/h1-9,11,13H,10,12H2,(H,21,23)(H,20,22,24). The van der Waals surface area contributed by atoms with E-state index in [1.165, 1.54) is 11.3 Å². The highest BCUT2D eigenvalue weighted by molar-refractivity contribution is 7.99. The quantitative estimate of drug-likeness (QED) is 0.589. The fraction of sp³-hybridized carbons (Fsp3) is 0.105. The average molecular weight is 383 g/mol. The molecule has 0 unspecified atom stereocenters. The summed E-state index contributed by atoms with van der Waals surface area (Å²) in [5.41, 5.74) is 1.18. The Hall–Kier alpha value is -2.64. The van der Waals surface area contributed by atoms with Gasteiger partial charge < -0.3 is 5.32 Å². The minimum absolute atomic E-state index is 0.0478. The molecule has 2 N–H and O–H groups in total. The van der Waals surface area contributed by atoms with Crippen molar-refractivity contribution in [1.29, 1.82) is 0 Å². The highest BCUT2D eigenvalue weighted by Gasteiger charge is 2.08. The van der Waals surface area contributed by atoms with Crippen LogP contribution >= 0.6 is 23.1 Å². The summed E-state index contributed by atoms with van der Waals surface area (Å²) in [6.45, 7) is 0. The molecule has 3 rings (SSSR count). The number of hydrogen-bond acceptors (Lipinski definition) is 5. The van der Waals surface area contributed by atoms with E-state index in [2.05, 4.69) is 15.6 Å². The van der Waals surface area contributed by atoms with Crippen LogP contribution in [-0.2, 0) is 4.79 Å². The second kappa shape index (κ2) is 9.17. The molecular formula is C19H17N3O2S2. The number of anilines is 2. The molecule has 1 heterocycles. The van der Waals surface area contributed by atoms with Crippen molar-refractivity contribution < 1.29 is 9.59 Å². The molecule has 26 heavy (non-hydrogen) atoms. The number of rotatable bonds is 7. The van der Waals surface area contributed by atoms with Crippen LogP contribution in [0.1, 0.15) is 16.8 Å². The maximum Gasteiger partial charge on any atom is 0.257 e. The van der Waals surface area contributed by atoms with Crippen LogP contribution in [0.2, 0.25) is 0 Å². The molecule has 0 saturated heterocycles. The molecule has 2 amide bonds. The molecule has 0 bridgehead atoms. The largest absolute Gasteiger partial charge is 0.326 e. The zero-order chi connectivity index (χ0) is 18.2. The normalized spacial score (nSPS) is 10.3. The predicted molar refractivity (Wildman–Crippen MR) is 107 cm³/mol. The van der Waals surface area contributed by atoms with Crippen molar-refractivity contribution in [2.75, 3.05) is 16.4 Å². The van der Waals surface area contributed by atoms with Gasteiger partial charge in [0.2, 0.25) is 5.91 Å². The Kier molecular flexibility index (Phi) is 6.40. The third-order valence-corrected chi connectivity index (χ3v) is 5.13. The molecule has 2 aromatic carbocycles. The van der Waals surface area contributed by atoms with E-state index in [-0.39, 0.29) is 11.8 Å². The van der Waals surface area contributed by atoms with Crippen LogP contribution in [0.4, 0.5) is 10.8 Å². The van der Waals surface area contributed by atoms with E-state index >= 15 is 0 Å². The van der Waals surface area contributed by atoms with Gasteiger partial charge in [-0.2, -0.15) is 0 Å². The van der Waals surface area contributed by atoms with E-state index in [9.17, 15) is 9.59 Å². The van der Waals surface area contributed by atoms with Gasteiger partial charge in [-0.3, -0.25) is 14.9 Å². The number of aromatic nitrogens is 1. The van der Waals surface area contributed by atoms with Gasteiger partial charge in [0, 0.05) is 39.9 Å². The molecule has 0 radical (unpaired) electrons. The molecule has 0 saturated carbocycles. The lowest BCUT2D eigenvalue weighted by Gasteiger charge is -2.07. The van der Waals surface area contributed by atoms with Crippen LogP contribution in [0.15, 0.2) is 71.1 Å². The maximum absolute atomic E-state index is 12.1. The number of amides is 2. The topological polar surface area (TPSA) is 71.1 Å². The molecule has 7 heteroatoms. The molecule has 0 spiro atoms. The summed E-state index contributed by atoms with van der Waals surface area (Å²) >= 11 is 3.01. The summed E-state index contributed by atoms with van der Waals surface area (Å²) in [5.74, 6) is 0.440. The number of thioether (sulfide) groups is 1. The highest BCUT2D eigenvalue weighted by Crippen LogP contribution is 2.18. The van der Waals surface area contributed by atoms with Gasteiger partial charge in [-0.1, -0.05) is 18.2 Å². The zero-order valence-corrected chi connectivity index (χ0v) is 15.5. The van der Waals surface area contributed by atoms with E-state index in [1.807, 2.05) is 30.3 Å². The van der Waals surface area contributed by atoms with Gasteiger partial charge in [0.15, 0.2) is 5.13 Å². The lowest BCUT2D eigenvalue weighted by Crippen LogP contribution is -2.13. The monoisotopic (exact) mass is 383 g/mol. The second-order valence-corrected chi connectivity index (χ2v) is 7.39. The van der Waals surface area contributed by atoms with Crippen molar-refractivity contribution in [1.82, 2.24) is 4.98 Å². The number of nitrogens with one attached hydrogen (secondary N) is 2. The molecule has 1 aromatic heterocycles. The fourth-order valence-electron chi connectivity index (χ4n) is 2.16. The zero-order valence-electron chi connectivity index (χ0n) is 13.8. The molecule has 0 fully saturated rings. The molecule has 3 aromatic rings. The third-order valence-electron chi connectivity index (χ3n) is 3.42. The highest BCUT2D eigenvalue weighted by atomic mass is 32.2. The van der Waals surface area contributed by atoms with Crippen LogP contribution in [0.5, 0.6) is 0 Å². The van der Waals surface area contributed by atoms with Gasteiger partial charge in [0.05, 0.1) is 0 Å². The first-order valence-electron chi connectivity index (χ1n) is 7.99. The molecular weight excluding hydrogens is 366 g/mol. The molecule has 0 aliphatic heterocycles. The van der Waals surface area contributed by atoms with Gasteiger partial charge in [0.1, 0.15) is 0 Å². The van der Waals surface area contributed by atoms with Crippen molar-refractivity contribution >= 4 is 45.7 Å². The van der Waals surface area contributed by atoms with Gasteiger partial charge in [-0.05, 0) is 36.4 Å². The van der Waals surface area contributed by atoms with Crippen LogP contribution in [-0.4, -0.2) is 22.6 Å². The van der Waals surface area contributed by atoms with E-state index < -0.39 is 0 Å². The number of nitrogens with zero attached hydrogens (tertiary/aromatic N) is 1. The van der Waals surface area contributed by atoms with Crippen molar-refractivity contribution in [2.45, 2.75) is 11.3 Å². The fourth-order valence-corrected chi connectivity index (χ4v) is 3.56. The Morgan fingerprint density at radius 2 is 1.77 bits per heavy atom. The van der Waals surface area contributed by atoms with E-state index in [1.54, 1.807) is 47.6 Å². The van der Waals surface area contributed by atoms with E-state index in [0.717, 1.165) is 4.90 Å². The SMILES string of the molecule is O=C(CCSc1ccccc1)Nc1ccc(C(=O)Nc2nccs2)cc1. The van der Waals surface area contributed by atoms with Crippen LogP contribution in [0.3, 0.4) is 0 Å². The van der Waals surface area contributed by atoms with Crippen LogP contribution in [0, 0.1) is 0 Å². The Balaban J connectivity index is 1.46. The first kappa shape index (κ1) is 18.2. The van der Waals surface area contributed by atoms with Gasteiger partial charge in [-0.25, -0.2) is 4.98 Å². The number of carbonyl (C=O) groups excluding carboxylic acids is 2. The van der Waals surface area contributed by atoms with Crippen LogP contribution < -0.4 is 10.6 Å². The summed E-state index contributed by atoms with van der Waals surface area (Å²) in [4.78, 5) is 29.3. The average Bonchev–Trinajstić information content (AvgIpc) is 3.16. The smallest absolute Gasteiger partial charge is 0.257 e. The minimum Gasteiger partial charge on any atom is -0.326 e. The molecule has 0 aliphatic rings. The lowest BCUT2D eigenvalue weighted by atomic mass is 10.2. The molecule has 5 nitrogen and oxygen atoms in total. The Labute approximate surface area is 159 Å². The van der Waals surface area contributed by atoms with E-state index in [4.69, 9.17) is 0 Å². The molecule has 132 valence electrons. The summed E-state index contributed by atoms with van der Waals surface area (Å²) in [6.07, 6.45) is 2.06. The Morgan fingerprint density at radius 1 is 1.00 bits per heavy atom. The Morgan fingerprint density at radius 3 is 2.46 bits per heavy atom. The lowest BCUT2D eigenvalue weighted by molar-refractivity contribution is -0.115. The van der Waals surface area contributed by atoms with Crippen molar-refractivity contribution in [3.05, 3.63) is 71.7 Å². The van der Waals surface area contributed by atoms with Crippen molar-refractivity contribution in [3.8, 4) is 0 Å². The number of benzene rings is 2. The van der Waals surface area contributed by atoms with Gasteiger partial charge in [0.25, 0.3) is 5.91 Å². The number of carbonyl (C=O) groups is 2. The minimum atomic E-state index is -0.225. The Bertz CT molecular complexity index is 850. The number of thiazole rings is 1. The van der Waals surface area contributed by atoms with Gasteiger partial charge >= 0.3 is 0 Å². The predicted octanol–water partition coefficient (Wildman–Crippen LogP) is 4.52. The number of hydrogen-bond donors (Lipinski definition) is 2. The molecule has 0 atom stereocenters. The first-order valence-corrected chi connectivity index (χ1v) is 9.86. The summed E-state index contributed by atoms with van der Waals surface area (Å²) < 4.78 is 0. The first-order chi connectivity index (χ1) is 12.7. The molecule has 0 aliphatic carbocycles. The maximum atomic E-state index is 12.1. The van der Waals surface area contributed by atoms with Crippen LogP contribution in [0.25, 0.3) is 0 Å². The van der Waals surface area contributed by atoms with Gasteiger partial charge in [-0.15, -0.1) is 23.1 Å². The van der Waals surface area contributed by atoms with Crippen molar-refractivity contribution in [2.24, 2.45) is 0 Å².